The molecule has 5 heteroatoms. The lowest BCUT2D eigenvalue weighted by Gasteiger charge is -2.17. The van der Waals surface area contributed by atoms with Crippen LogP contribution in [0.3, 0.4) is 0 Å². The molecule has 0 fully saturated rings. The largest absolute Gasteiger partial charge is 0.333 e. The van der Waals surface area contributed by atoms with Gasteiger partial charge in [0.05, 0.1) is 17.9 Å². The summed E-state index contributed by atoms with van der Waals surface area (Å²) in [5.41, 5.74) is 5.21. The number of carbonyl (C=O) groups excluding carboxylic acids is 1. The molecule has 0 radical (unpaired) electrons. The summed E-state index contributed by atoms with van der Waals surface area (Å²) in [5.74, 6) is 4.76. The Balaban J connectivity index is 2.30. The van der Waals surface area contributed by atoms with Crippen molar-refractivity contribution in [1.82, 2.24) is 15.0 Å². The molecular formula is C14H18N4O. The van der Waals surface area contributed by atoms with E-state index in [0.717, 1.165) is 17.0 Å². The smallest absolute Gasteiger partial charge is 0.243 e. The number of hydrazine groups is 1. The fraction of sp³-hybridized carbons (Fsp3) is 0.286. The summed E-state index contributed by atoms with van der Waals surface area (Å²) in [6.45, 7) is 4.47. The van der Waals surface area contributed by atoms with Gasteiger partial charge in [0.2, 0.25) is 5.91 Å². The van der Waals surface area contributed by atoms with Gasteiger partial charge in [-0.1, -0.05) is 30.3 Å². The van der Waals surface area contributed by atoms with E-state index in [0.29, 0.717) is 6.54 Å². The molecule has 0 bridgehead atoms. The number of rotatable bonds is 4. The maximum absolute atomic E-state index is 12.0. The number of nitrogens with one attached hydrogen (secondary N) is 1. The number of hydrogen-bond acceptors (Lipinski definition) is 3. The molecule has 2 aromatic rings. The fourth-order valence-corrected chi connectivity index (χ4v) is 2.05. The molecule has 1 atom stereocenters. The average Bonchev–Trinajstić information content (AvgIpc) is 2.76. The van der Waals surface area contributed by atoms with E-state index in [1.54, 1.807) is 6.33 Å². The summed E-state index contributed by atoms with van der Waals surface area (Å²) < 4.78 is 1.97. The quantitative estimate of drug-likeness (QED) is 0.493. The van der Waals surface area contributed by atoms with Crippen LogP contribution >= 0.6 is 0 Å². The van der Waals surface area contributed by atoms with Gasteiger partial charge in [-0.15, -0.1) is 0 Å². The van der Waals surface area contributed by atoms with Gasteiger partial charge in [-0.05, 0) is 19.4 Å². The molecular weight excluding hydrogens is 240 g/mol. The SMILES string of the molecule is Cc1ncn(CC(C(=O)NN)c2ccccc2)c1C. The minimum Gasteiger partial charge on any atom is -0.333 e. The van der Waals surface area contributed by atoms with Crippen molar-refractivity contribution >= 4 is 5.91 Å². The van der Waals surface area contributed by atoms with E-state index >= 15 is 0 Å². The van der Waals surface area contributed by atoms with Crippen molar-refractivity contribution in [3.05, 3.63) is 53.6 Å². The molecule has 0 aliphatic heterocycles. The molecule has 2 rings (SSSR count). The predicted octanol–water partition coefficient (Wildman–Crippen LogP) is 1.27. The molecule has 1 heterocycles. The monoisotopic (exact) mass is 258 g/mol. The van der Waals surface area contributed by atoms with Crippen LogP contribution in [0.15, 0.2) is 36.7 Å². The standard InChI is InChI=1S/C14H18N4O/c1-10-11(2)18(9-16-10)8-13(14(19)17-15)12-6-4-3-5-7-12/h3-7,9,13H,8,15H2,1-2H3,(H,17,19). The van der Waals surface area contributed by atoms with Crippen molar-refractivity contribution < 1.29 is 4.79 Å². The zero-order valence-corrected chi connectivity index (χ0v) is 11.1. The van der Waals surface area contributed by atoms with Gasteiger partial charge in [0.1, 0.15) is 0 Å². The fourth-order valence-electron chi connectivity index (χ4n) is 2.05. The molecule has 0 aliphatic carbocycles. The topological polar surface area (TPSA) is 72.9 Å². The van der Waals surface area contributed by atoms with Crippen LogP contribution in [0.2, 0.25) is 0 Å². The highest BCUT2D eigenvalue weighted by Gasteiger charge is 2.21. The van der Waals surface area contributed by atoms with Gasteiger partial charge in [0.25, 0.3) is 0 Å². The lowest BCUT2D eigenvalue weighted by Crippen LogP contribution is -2.36. The summed E-state index contributed by atoms with van der Waals surface area (Å²) >= 11 is 0. The van der Waals surface area contributed by atoms with Gasteiger partial charge in [0.15, 0.2) is 0 Å². The van der Waals surface area contributed by atoms with Gasteiger partial charge >= 0.3 is 0 Å². The van der Waals surface area contributed by atoms with Crippen LogP contribution in [0.25, 0.3) is 0 Å². The second kappa shape index (κ2) is 5.67. The van der Waals surface area contributed by atoms with Crippen molar-refractivity contribution in [2.24, 2.45) is 5.84 Å². The third kappa shape index (κ3) is 2.82. The number of carbonyl (C=O) groups is 1. The van der Waals surface area contributed by atoms with Crippen LogP contribution in [-0.4, -0.2) is 15.5 Å². The number of hydrogen-bond donors (Lipinski definition) is 2. The maximum Gasteiger partial charge on any atom is 0.243 e. The second-order valence-corrected chi connectivity index (χ2v) is 4.54. The van der Waals surface area contributed by atoms with Crippen molar-refractivity contribution in [3.63, 3.8) is 0 Å². The maximum atomic E-state index is 12.0. The first kappa shape index (κ1) is 13.3. The molecule has 1 aromatic heterocycles. The van der Waals surface area contributed by atoms with Crippen molar-refractivity contribution in [2.45, 2.75) is 26.3 Å². The molecule has 0 saturated heterocycles. The van der Waals surface area contributed by atoms with Crippen LogP contribution in [0.1, 0.15) is 22.9 Å². The molecule has 5 nitrogen and oxygen atoms in total. The highest BCUT2D eigenvalue weighted by atomic mass is 16.2. The Morgan fingerprint density at radius 1 is 1.37 bits per heavy atom. The Kier molecular flexibility index (Phi) is 3.97. The lowest BCUT2D eigenvalue weighted by molar-refractivity contribution is -0.122. The molecule has 1 aromatic carbocycles. The molecule has 1 unspecified atom stereocenters. The van der Waals surface area contributed by atoms with Crippen molar-refractivity contribution in [1.29, 1.82) is 0 Å². The number of nitrogens with two attached hydrogens (primary N) is 1. The molecule has 1 amide bonds. The number of aromatic nitrogens is 2. The van der Waals surface area contributed by atoms with E-state index in [1.165, 1.54) is 0 Å². The van der Waals surface area contributed by atoms with Gasteiger partial charge in [-0.3, -0.25) is 10.2 Å². The number of benzene rings is 1. The van der Waals surface area contributed by atoms with E-state index < -0.39 is 0 Å². The van der Waals surface area contributed by atoms with Crippen LogP contribution in [0.4, 0.5) is 0 Å². The molecule has 100 valence electrons. The summed E-state index contributed by atoms with van der Waals surface area (Å²) in [7, 11) is 0. The number of amides is 1. The molecule has 0 aliphatic rings. The Bertz CT molecular complexity index is 562. The van der Waals surface area contributed by atoms with E-state index in [9.17, 15) is 4.79 Å². The molecule has 0 spiro atoms. The van der Waals surface area contributed by atoms with E-state index in [-0.39, 0.29) is 11.8 Å². The summed E-state index contributed by atoms with van der Waals surface area (Å²) in [6, 6.07) is 9.61. The Morgan fingerprint density at radius 3 is 2.58 bits per heavy atom. The Hall–Kier alpha value is -2.14. The van der Waals surface area contributed by atoms with Crippen LogP contribution < -0.4 is 11.3 Å². The van der Waals surface area contributed by atoms with Gasteiger partial charge in [-0.2, -0.15) is 0 Å². The second-order valence-electron chi connectivity index (χ2n) is 4.54. The van der Waals surface area contributed by atoms with E-state index in [2.05, 4.69) is 10.4 Å². The molecule has 19 heavy (non-hydrogen) atoms. The number of aryl methyl sites for hydroxylation is 1. The number of imidazole rings is 1. The van der Waals surface area contributed by atoms with Crippen LogP contribution in [0.5, 0.6) is 0 Å². The predicted molar refractivity (Wildman–Crippen MR) is 73.2 cm³/mol. The van der Waals surface area contributed by atoms with Gasteiger partial charge in [0, 0.05) is 12.2 Å². The average molecular weight is 258 g/mol. The minimum absolute atomic E-state index is 0.197. The highest BCUT2D eigenvalue weighted by molar-refractivity contribution is 5.83. The zero-order valence-electron chi connectivity index (χ0n) is 11.1. The summed E-state index contributed by atoms with van der Waals surface area (Å²) in [6.07, 6.45) is 1.75. The van der Waals surface area contributed by atoms with E-state index in [4.69, 9.17) is 5.84 Å². The summed E-state index contributed by atoms with van der Waals surface area (Å²) in [4.78, 5) is 16.2. The highest BCUT2D eigenvalue weighted by Crippen LogP contribution is 2.19. The van der Waals surface area contributed by atoms with Crippen LogP contribution in [-0.2, 0) is 11.3 Å². The summed E-state index contributed by atoms with van der Waals surface area (Å²) in [5, 5.41) is 0. The van der Waals surface area contributed by atoms with Crippen molar-refractivity contribution in [2.75, 3.05) is 0 Å². The molecule has 3 N–H and O–H groups in total. The minimum atomic E-state index is -0.321. The Morgan fingerprint density at radius 2 is 2.05 bits per heavy atom. The normalized spacial score (nSPS) is 12.2. The first-order chi connectivity index (χ1) is 9.13. The first-order valence-corrected chi connectivity index (χ1v) is 6.17. The Labute approximate surface area is 112 Å². The third-order valence-electron chi connectivity index (χ3n) is 3.39. The molecule has 0 saturated carbocycles. The van der Waals surface area contributed by atoms with Crippen molar-refractivity contribution in [3.8, 4) is 0 Å². The lowest BCUT2D eigenvalue weighted by atomic mass is 9.98. The first-order valence-electron chi connectivity index (χ1n) is 6.17. The number of nitrogens with zero attached hydrogens (tertiary/aromatic N) is 2. The van der Waals surface area contributed by atoms with E-state index in [1.807, 2.05) is 48.7 Å². The van der Waals surface area contributed by atoms with Crippen LogP contribution in [0, 0.1) is 13.8 Å². The van der Waals surface area contributed by atoms with Gasteiger partial charge in [-0.25, -0.2) is 10.8 Å². The third-order valence-corrected chi connectivity index (χ3v) is 3.39. The zero-order chi connectivity index (χ0) is 13.8. The van der Waals surface area contributed by atoms with Gasteiger partial charge < -0.3 is 4.57 Å².